The zero-order valence-corrected chi connectivity index (χ0v) is 9.88. The summed E-state index contributed by atoms with van der Waals surface area (Å²) >= 11 is 0. The molecule has 0 heterocycles. The second-order valence-corrected chi connectivity index (χ2v) is 4.80. The van der Waals surface area contributed by atoms with Crippen LogP contribution in [0.5, 0.6) is 0 Å². The van der Waals surface area contributed by atoms with E-state index in [-0.39, 0.29) is 6.61 Å². The first kappa shape index (κ1) is 14.8. The fourth-order valence-electron chi connectivity index (χ4n) is 1.50. The topological polar surface area (TPSA) is 84.2 Å². The van der Waals surface area contributed by atoms with Gasteiger partial charge in [0.15, 0.2) is 0 Å². The second kappa shape index (κ2) is 5.77. The minimum Gasteiger partial charge on any atom is -0.396 e. The van der Waals surface area contributed by atoms with E-state index < -0.39 is 30.3 Å². The highest BCUT2D eigenvalue weighted by atomic mass is 16.3. The van der Waals surface area contributed by atoms with Gasteiger partial charge < -0.3 is 25.3 Å². The van der Waals surface area contributed by atoms with Crippen molar-refractivity contribution in [2.75, 3.05) is 27.3 Å². The minimum absolute atomic E-state index is 0.184. The highest BCUT2D eigenvalue weighted by Gasteiger charge is 2.38. The molecule has 0 bridgehead atoms. The molecule has 3 atom stereocenters. The number of hydrogen-bond acceptors (Lipinski definition) is 5. The van der Waals surface area contributed by atoms with Gasteiger partial charge in [0.25, 0.3) is 0 Å². The zero-order chi connectivity index (χ0) is 12.2. The number of aliphatic hydroxyl groups excluding tert-OH is 4. The van der Waals surface area contributed by atoms with Gasteiger partial charge in [0.05, 0.1) is 31.5 Å². The molecule has 0 fully saturated rings. The van der Waals surface area contributed by atoms with E-state index in [0.29, 0.717) is 0 Å². The number of rotatable bonds is 6. The molecule has 0 amide bonds. The Kier molecular flexibility index (Phi) is 5.69. The minimum atomic E-state index is -1.03. The van der Waals surface area contributed by atoms with Crippen LogP contribution >= 0.6 is 0 Å². The molecule has 0 aromatic rings. The maximum Gasteiger partial charge on any atom is 0.0950 e. The maximum atomic E-state index is 10.0. The number of aliphatic hydroxyl groups is 4. The van der Waals surface area contributed by atoms with Crippen LogP contribution in [-0.4, -0.2) is 70.9 Å². The third kappa shape index (κ3) is 3.70. The van der Waals surface area contributed by atoms with Crippen molar-refractivity contribution in [2.45, 2.75) is 32.1 Å². The molecule has 3 unspecified atom stereocenters. The molecular formula is C10H23NO4. The number of hydrogen-bond donors (Lipinski definition) is 4. The SMILES string of the molecule is CN(C)C(C(O)CO)C(O)C(C)(C)CO. The molecule has 15 heavy (non-hydrogen) atoms. The van der Waals surface area contributed by atoms with Crippen LogP contribution in [0.1, 0.15) is 13.8 Å². The van der Waals surface area contributed by atoms with E-state index >= 15 is 0 Å². The van der Waals surface area contributed by atoms with Gasteiger partial charge in [-0.2, -0.15) is 0 Å². The average molecular weight is 221 g/mol. The first-order valence-corrected chi connectivity index (χ1v) is 5.02. The van der Waals surface area contributed by atoms with Crippen molar-refractivity contribution in [1.29, 1.82) is 0 Å². The highest BCUT2D eigenvalue weighted by Crippen LogP contribution is 2.25. The normalized spacial score (nSPS) is 19.0. The molecule has 0 aliphatic heterocycles. The van der Waals surface area contributed by atoms with Crippen molar-refractivity contribution in [3.63, 3.8) is 0 Å². The fraction of sp³-hybridized carbons (Fsp3) is 1.00. The van der Waals surface area contributed by atoms with Crippen LogP contribution in [0, 0.1) is 5.41 Å². The van der Waals surface area contributed by atoms with Crippen LogP contribution in [0.2, 0.25) is 0 Å². The summed E-state index contributed by atoms with van der Waals surface area (Å²) in [5.41, 5.74) is -0.717. The van der Waals surface area contributed by atoms with E-state index in [1.54, 1.807) is 32.8 Å². The van der Waals surface area contributed by atoms with Gasteiger partial charge in [0.2, 0.25) is 0 Å². The molecule has 5 heteroatoms. The lowest BCUT2D eigenvalue weighted by Crippen LogP contribution is -2.55. The van der Waals surface area contributed by atoms with Gasteiger partial charge in [-0.15, -0.1) is 0 Å². The van der Waals surface area contributed by atoms with Gasteiger partial charge in [-0.05, 0) is 14.1 Å². The summed E-state index contributed by atoms with van der Waals surface area (Å²) in [6.07, 6.45) is -1.94. The monoisotopic (exact) mass is 221 g/mol. The van der Waals surface area contributed by atoms with E-state index in [4.69, 9.17) is 10.2 Å². The Morgan fingerprint density at radius 2 is 1.60 bits per heavy atom. The lowest BCUT2D eigenvalue weighted by Gasteiger charge is -2.39. The van der Waals surface area contributed by atoms with E-state index in [0.717, 1.165) is 0 Å². The molecular weight excluding hydrogens is 198 g/mol. The Labute approximate surface area is 91.0 Å². The summed E-state index contributed by atoms with van der Waals surface area (Å²) in [5, 5.41) is 37.6. The second-order valence-electron chi connectivity index (χ2n) is 4.80. The van der Waals surface area contributed by atoms with Crippen molar-refractivity contribution in [3.05, 3.63) is 0 Å². The Morgan fingerprint density at radius 3 is 1.87 bits per heavy atom. The summed E-state index contributed by atoms with van der Waals surface area (Å²) in [5.74, 6) is 0. The first-order chi connectivity index (χ1) is 6.77. The van der Waals surface area contributed by atoms with Crippen LogP contribution in [0.15, 0.2) is 0 Å². The Morgan fingerprint density at radius 1 is 1.13 bits per heavy atom. The molecule has 0 rings (SSSR count). The Hall–Kier alpha value is -0.200. The van der Waals surface area contributed by atoms with Crippen LogP contribution in [-0.2, 0) is 0 Å². The molecule has 0 saturated carbocycles. The highest BCUT2D eigenvalue weighted by molar-refractivity contribution is 4.91. The van der Waals surface area contributed by atoms with Gasteiger partial charge in [0.1, 0.15) is 0 Å². The van der Waals surface area contributed by atoms with Gasteiger partial charge in [0, 0.05) is 5.41 Å². The van der Waals surface area contributed by atoms with Gasteiger partial charge >= 0.3 is 0 Å². The average Bonchev–Trinajstić information content (AvgIpc) is 2.16. The van der Waals surface area contributed by atoms with Crippen molar-refractivity contribution in [1.82, 2.24) is 4.90 Å². The van der Waals surface area contributed by atoms with Crippen LogP contribution in [0.25, 0.3) is 0 Å². The van der Waals surface area contributed by atoms with Crippen molar-refractivity contribution >= 4 is 0 Å². The molecule has 0 radical (unpaired) electrons. The Bertz CT molecular complexity index is 184. The lowest BCUT2D eigenvalue weighted by atomic mass is 9.81. The standard InChI is InChI=1S/C10H23NO4/c1-10(2,6-13)9(15)8(11(3)4)7(14)5-12/h7-9,12-15H,5-6H2,1-4H3. The summed E-state index contributed by atoms with van der Waals surface area (Å²) in [6.45, 7) is 2.81. The third-order valence-corrected chi connectivity index (χ3v) is 2.71. The van der Waals surface area contributed by atoms with Gasteiger partial charge in [-0.25, -0.2) is 0 Å². The van der Waals surface area contributed by atoms with Crippen molar-refractivity contribution in [3.8, 4) is 0 Å². The van der Waals surface area contributed by atoms with E-state index in [9.17, 15) is 10.2 Å². The number of likely N-dealkylation sites (N-methyl/N-ethyl adjacent to an activating group) is 1. The predicted molar refractivity (Wildman–Crippen MR) is 57.4 cm³/mol. The van der Waals surface area contributed by atoms with Crippen LogP contribution in [0.4, 0.5) is 0 Å². The molecule has 92 valence electrons. The molecule has 0 spiro atoms. The van der Waals surface area contributed by atoms with E-state index in [1.165, 1.54) is 0 Å². The van der Waals surface area contributed by atoms with Gasteiger partial charge in [-0.1, -0.05) is 13.8 Å². The summed E-state index contributed by atoms with van der Waals surface area (Å²) < 4.78 is 0. The molecule has 0 aromatic carbocycles. The van der Waals surface area contributed by atoms with E-state index in [2.05, 4.69) is 0 Å². The van der Waals surface area contributed by atoms with Gasteiger partial charge in [-0.3, -0.25) is 0 Å². The molecule has 0 aliphatic rings. The quantitative estimate of drug-likeness (QED) is 0.446. The predicted octanol–water partition coefficient (Wildman–Crippen LogP) is -1.35. The zero-order valence-electron chi connectivity index (χ0n) is 9.88. The molecule has 0 saturated heterocycles. The van der Waals surface area contributed by atoms with Crippen LogP contribution < -0.4 is 0 Å². The van der Waals surface area contributed by atoms with Crippen molar-refractivity contribution in [2.24, 2.45) is 5.41 Å². The lowest BCUT2D eigenvalue weighted by molar-refractivity contribution is -0.0886. The van der Waals surface area contributed by atoms with E-state index in [1.807, 2.05) is 0 Å². The molecule has 5 nitrogen and oxygen atoms in total. The largest absolute Gasteiger partial charge is 0.396 e. The molecule has 0 aromatic heterocycles. The first-order valence-electron chi connectivity index (χ1n) is 5.02. The Balaban J connectivity index is 4.77. The summed E-state index contributed by atoms with van der Waals surface area (Å²) in [4.78, 5) is 1.64. The smallest absolute Gasteiger partial charge is 0.0950 e. The van der Waals surface area contributed by atoms with Crippen LogP contribution in [0.3, 0.4) is 0 Å². The van der Waals surface area contributed by atoms with Crippen molar-refractivity contribution < 1.29 is 20.4 Å². The third-order valence-electron chi connectivity index (χ3n) is 2.71. The molecule has 0 aliphatic carbocycles. The fourth-order valence-corrected chi connectivity index (χ4v) is 1.50. The summed E-state index contributed by atoms with van der Waals surface area (Å²) in [7, 11) is 3.42. The number of nitrogens with zero attached hydrogens (tertiary/aromatic N) is 1. The maximum absolute atomic E-state index is 10.0. The molecule has 4 N–H and O–H groups in total. The summed E-state index contributed by atoms with van der Waals surface area (Å²) in [6, 6.07) is -0.600.